The van der Waals surface area contributed by atoms with E-state index in [1.54, 1.807) is 0 Å². The number of nitrogens with one attached hydrogen (secondary N) is 1. The van der Waals surface area contributed by atoms with Crippen LogP contribution in [-0.4, -0.2) is 31.1 Å². The van der Waals surface area contributed by atoms with Crippen molar-refractivity contribution in [2.45, 2.75) is 57.6 Å². The molecule has 5 N–H and O–H groups in total. The minimum absolute atomic E-state index is 0.0741. The van der Waals surface area contributed by atoms with Gasteiger partial charge in [-0.2, -0.15) is 0 Å². The minimum Gasteiger partial charge on any atom is -0.494 e. The molecule has 3 aromatic carbocycles. The standard InChI is InChI=1S/C31H40N4O3/c32-31(33)35-29(23-25-13-7-5-8-14-25)30(36)34-21-11-3-1-2-4-12-22-37-27-17-19-28(20-18-27)38-24-26-15-9-6-10-16-26/h5-10,13-20,29H,1-4,11-12,21-24H2,(H,34,36)(H4,32,33,35)/t29-/m0/s1. The predicted molar refractivity (Wildman–Crippen MR) is 153 cm³/mol. The number of aliphatic imine (C=N–C) groups is 1. The minimum atomic E-state index is -0.611. The first-order chi connectivity index (χ1) is 18.6. The first kappa shape index (κ1) is 28.6. The number of carbonyl (C=O) groups is 1. The fourth-order valence-electron chi connectivity index (χ4n) is 4.04. The monoisotopic (exact) mass is 516 g/mol. The third-order valence-corrected chi connectivity index (χ3v) is 6.09. The Kier molecular flexibility index (Phi) is 12.5. The van der Waals surface area contributed by atoms with Crippen molar-refractivity contribution in [3.63, 3.8) is 0 Å². The second-order valence-corrected chi connectivity index (χ2v) is 9.27. The van der Waals surface area contributed by atoms with Crippen molar-refractivity contribution in [2.24, 2.45) is 16.5 Å². The Labute approximate surface area is 226 Å². The molecule has 7 nitrogen and oxygen atoms in total. The van der Waals surface area contributed by atoms with Gasteiger partial charge in [-0.15, -0.1) is 0 Å². The molecule has 0 radical (unpaired) electrons. The lowest BCUT2D eigenvalue weighted by atomic mass is 10.1. The number of rotatable bonds is 17. The lowest BCUT2D eigenvalue weighted by Gasteiger charge is -2.13. The van der Waals surface area contributed by atoms with Gasteiger partial charge in [0.15, 0.2) is 5.96 Å². The van der Waals surface area contributed by atoms with Crippen molar-refractivity contribution >= 4 is 11.9 Å². The maximum absolute atomic E-state index is 12.6. The van der Waals surface area contributed by atoms with Crippen LogP contribution in [-0.2, 0) is 17.8 Å². The van der Waals surface area contributed by atoms with Crippen LogP contribution >= 0.6 is 0 Å². The van der Waals surface area contributed by atoms with E-state index in [2.05, 4.69) is 22.4 Å². The van der Waals surface area contributed by atoms with E-state index >= 15 is 0 Å². The van der Waals surface area contributed by atoms with Crippen molar-refractivity contribution in [1.29, 1.82) is 0 Å². The quantitative estimate of drug-likeness (QED) is 0.133. The van der Waals surface area contributed by atoms with Gasteiger partial charge in [-0.05, 0) is 48.2 Å². The van der Waals surface area contributed by atoms with E-state index in [0.29, 0.717) is 26.2 Å². The summed E-state index contributed by atoms with van der Waals surface area (Å²) in [6.07, 6.45) is 6.88. The summed E-state index contributed by atoms with van der Waals surface area (Å²) in [7, 11) is 0. The van der Waals surface area contributed by atoms with Crippen LogP contribution < -0.4 is 26.3 Å². The zero-order valence-electron chi connectivity index (χ0n) is 22.1. The molecule has 0 aliphatic carbocycles. The zero-order valence-corrected chi connectivity index (χ0v) is 22.1. The van der Waals surface area contributed by atoms with Crippen molar-refractivity contribution in [1.82, 2.24) is 5.32 Å². The maximum Gasteiger partial charge on any atom is 0.245 e. The molecule has 0 aromatic heterocycles. The Morgan fingerprint density at radius 1 is 0.711 bits per heavy atom. The molecule has 7 heteroatoms. The molecule has 0 saturated carbocycles. The van der Waals surface area contributed by atoms with Gasteiger partial charge in [0.1, 0.15) is 24.1 Å². The topological polar surface area (TPSA) is 112 Å². The fourth-order valence-corrected chi connectivity index (χ4v) is 4.04. The average molecular weight is 517 g/mol. The van der Waals surface area contributed by atoms with Crippen LogP contribution in [0.15, 0.2) is 89.9 Å². The van der Waals surface area contributed by atoms with Gasteiger partial charge in [-0.3, -0.25) is 4.79 Å². The molecule has 0 aliphatic rings. The summed E-state index contributed by atoms with van der Waals surface area (Å²) in [5.74, 6) is 1.48. The molecule has 3 aromatic rings. The van der Waals surface area contributed by atoms with Gasteiger partial charge in [0.25, 0.3) is 0 Å². The summed E-state index contributed by atoms with van der Waals surface area (Å²) in [5, 5.41) is 2.97. The highest BCUT2D eigenvalue weighted by Crippen LogP contribution is 2.19. The summed E-state index contributed by atoms with van der Waals surface area (Å²) < 4.78 is 11.7. The number of hydrogen-bond acceptors (Lipinski definition) is 4. The van der Waals surface area contributed by atoms with Gasteiger partial charge in [0.05, 0.1) is 6.61 Å². The predicted octanol–water partition coefficient (Wildman–Crippen LogP) is 4.99. The van der Waals surface area contributed by atoms with E-state index in [9.17, 15) is 4.79 Å². The van der Waals surface area contributed by atoms with Crippen LogP contribution in [0.1, 0.15) is 49.7 Å². The van der Waals surface area contributed by atoms with Gasteiger partial charge in [-0.25, -0.2) is 4.99 Å². The molecule has 0 saturated heterocycles. The normalized spacial score (nSPS) is 11.4. The van der Waals surface area contributed by atoms with E-state index in [1.165, 1.54) is 0 Å². The largest absolute Gasteiger partial charge is 0.494 e. The first-order valence-corrected chi connectivity index (χ1v) is 13.4. The number of unbranched alkanes of at least 4 members (excludes halogenated alkanes) is 5. The molecule has 3 rings (SSSR count). The van der Waals surface area contributed by atoms with Gasteiger partial charge in [0, 0.05) is 13.0 Å². The Balaban J connectivity index is 1.20. The Morgan fingerprint density at radius 3 is 1.89 bits per heavy atom. The second-order valence-electron chi connectivity index (χ2n) is 9.27. The first-order valence-electron chi connectivity index (χ1n) is 13.4. The molecule has 0 spiro atoms. The van der Waals surface area contributed by atoms with E-state index < -0.39 is 6.04 Å². The Bertz CT molecular complexity index is 1090. The van der Waals surface area contributed by atoms with Gasteiger partial charge in [-0.1, -0.05) is 86.3 Å². The molecular formula is C31H40N4O3. The van der Waals surface area contributed by atoms with Crippen molar-refractivity contribution in [2.75, 3.05) is 13.2 Å². The highest BCUT2D eigenvalue weighted by atomic mass is 16.5. The molecule has 38 heavy (non-hydrogen) atoms. The van der Waals surface area contributed by atoms with Gasteiger partial charge in [0.2, 0.25) is 5.91 Å². The number of guanidine groups is 1. The van der Waals surface area contributed by atoms with Crippen molar-refractivity contribution in [3.8, 4) is 11.5 Å². The molecule has 0 unspecified atom stereocenters. The highest BCUT2D eigenvalue weighted by molar-refractivity contribution is 5.86. The van der Waals surface area contributed by atoms with E-state index in [-0.39, 0.29) is 11.9 Å². The SMILES string of the molecule is NC(N)=N[C@@H](Cc1ccccc1)C(=O)NCCCCCCCCOc1ccc(OCc2ccccc2)cc1. The molecule has 1 amide bonds. The molecule has 0 heterocycles. The lowest BCUT2D eigenvalue weighted by Crippen LogP contribution is -2.38. The van der Waals surface area contributed by atoms with E-state index in [4.69, 9.17) is 20.9 Å². The fraction of sp³-hybridized carbons (Fsp3) is 0.355. The molecule has 0 bridgehead atoms. The number of nitrogens with zero attached hydrogens (tertiary/aromatic N) is 1. The molecule has 1 atom stereocenters. The van der Waals surface area contributed by atoms with Crippen LogP contribution in [0, 0.1) is 0 Å². The lowest BCUT2D eigenvalue weighted by molar-refractivity contribution is -0.122. The second kappa shape index (κ2) is 16.7. The number of nitrogens with two attached hydrogens (primary N) is 2. The summed E-state index contributed by atoms with van der Waals surface area (Å²) in [5.41, 5.74) is 13.2. The number of benzene rings is 3. The molecular weight excluding hydrogens is 476 g/mol. The van der Waals surface area contributed by atoms with Gasteiger partial charge < -0.3 is 26.3 Å². The molecule has 202 valence electrons. The highest BCUT2D eigenvalue weighted by Gasteiger charge is 2.17. The van der Waals surface area contributed by atoms with Crippen molar-refractivity contribution in [3.05, 3.63) is 96.1 Å². The Hall–Kier alpha value is -4.00. The average Bonchev–Trinajstić information content (AvgIpc) is 2.94. The van der Waals surface area contributed by atoms with Crippen LogP contribution in [0.3, 0.4) is 0 Å². The summed E-state index contributed by atoms with van der Waals surface area (Å²) >= 11 is 0. The van der Waals surface area contributed by atoms with E-state index in [1.807, 2.05) is 72.8 Å². The maximum atomic E-state index is 12.6. The van der Waals surface area contributed by atoms with Crippen LogP contribution in [0.2, 0.25) is 0 Å². The number of carbonyl (C=O) groups excluding carboxylic acids is 1. The zero-order chi connectivity index (χ0) is 26.8. The third-order valence-electron chi connectivity index (χ3n) is 6.09. The summed E-state index contributed by atoms with van der Waals surface area (Å²) in [4.78, 5) is 16.7. The van der Waals surface area contributed by atoms with Crippen LogP contribution in [0.4, 0.5) is 0 Å². The van der Waals surface area contributed by atoms with Gasteiger partial charge >= 0.3 is 0 Å². The summed E-state index contributed by atoms with van der Waals surface area (Å²) in [6, 6.07) is 27.0. The third kappa shape index (κ3) is 11.4. The number of ether oxygens (including phenoxy) is 2. The van der Waals surface area contributed by atoms with Crippen molar-refractivity contribution < 1.29 is 14.3 Å². The van der Waals surface area contributed by atoms with Crippen LogP contribution in [0.25, 0.3) is 0 Å². The molecule has 0 aliphatic heterocycles. The summed E-state index contributed by atoms with van der Waals surface area (Å²) in [6.45, 7) is 1.88. The number of hydrogen-bond donors (Lipinski definition) is 3. The van der Waals surface area contributed by atoms with Crippen LogP contribution in [0.5, 0.6) is 11.5 Å². The smallest absolute Gasteiger partial charge is 0.245 e. The Morgan fingerprint density at radius 2 is 1.26 bits per heavy atom. The van der Waals surface area contributed by atoms with E-state index in [0.717, 1.165) is 61.2 Å². The number of amides is 1. The molecule has 0 fully saturated rings.